The van der Waals surface area contributed by atoms with E-state index < -0.39 is 36.0 Å². The Morgan fingerprint density at radius 2 is 2.20 bits per heavy atom. The summed E-state index contributed by atoms with van der Waals surface area (Å²) in [5.74, 6) is -2.56. The first-order chi connectivity index (χ1) is 6.91. The van der Waals surface area contributed by atoms with Crippen LogP contribution in [0.5, 0.6) is 0 Å². The third-order valence-corrected chi connectivity index (χ3v) is 1.60. The summed E-state index contributed by atoms with van der Waals surface area (Å²) in [5.41, 5.74) is 3.25. The number of carboxylic acids is 1. The van der Waals surface area contributed by atoms with E-state index in [9.17, 15) is 18.0 Å². The molecule has 0 aliphatic rings. The predicted octanol–water partition coefficient (Wildman–Crippen LogP) is 1.37. The number of nitrogens with zero attached hydrogens (tertiary/aromatic N) is 1. The van der Waals surface area contributed by atoms with Gasteiger partial charge in [0.2, 0.25) is 0 Å². The number of nitrogen functional groups attached to an aromatic ring is 1. The second kappa shape index (κ2) is 4.16. The third kappa shape index (κ3) is 2.58. The molecule has 0 aliphatic carbocycles. The number of rotatable bonds is 3. The van der Waals surface area contributed by atoms with Gasteiger partial charge in [-0.1, -0.05) is 0 Å². The smallest absolute Gasteiger partial charge is 0.309 e. The minimum absolute atomic E-state index is 0.198. The van der Waals surface area contributed by atoms with Crippen LogP contribution >= 0.6 is 0 Å². The Balaban J connectivity index is 3.17. The molecule has 0 spiro atoms. The van der Waals surface area contributed by atoms with Crippen molar-refractivity contribution in [3.8, 4) is 0 Å². The number of carboxylic acid groups (broad SMARTS) is 1. The first-order valence-corrected chi connectivity index (χ1v) is 3.86. The minimum Gasteiger partial charge on any atom is -0.481 e. The van der Waals surface area contributed by atoms with E-state index in [1.807, 2.05) is 0 Å². The van der Waals surface area contributed by atoms with Crippen molar-refractivity contribution >= 4 is 11.7 Å². The number of alkyl halides is 2. The summed E-state index contributed by atoms with van der Waals surface area (Å²) < 4.78 is 37.4. The van der Waals surface area contributed by atoms with Crippen LogP contribution in [0, 0.1) is 5.82 Å². The fourth-order valence-corrected chi connectivity index (χ4v) is 1.02. The van der Waals surface area contributed by atoms with E-state index in [-0.39, 0.29) is 5.69 Å². The molecule has 0 unspecified atom stereocenters. The standard InChI is InChI=1S/C8H7F3N2O2/c9-6-4(12)1-3(2-5(14)15)13-7(6)8(10)11/h1,8H,2H2,(H2,12,13)(H,14,15). The number of pyridine rings is 1. The highest BCUT2D eigenvalue weighted by molar-refractivity contribution is 5.70. The van der Waals surface area contributed by atoms with Gasteiger partial charge < -0.3 is 10.8 Å². The summed E-state index contributed by atoms with van der Waals surface area (Å²) >= 11 is 0. The number of aromatic nitrogens is 1. The van der Waals surface area contributed by atoms with Crippen LogP contribution in [0.3, 0.4) is 0 Å². The van der Waals surface area contributed by atoms with E-state index in [1.165, 1.54) is 0 Å². The fourth-order valence-electron chi connectivity index (χ4n) is 1.02. The highest BCUT2D eigenvalue weighted by Gasteiger charge is 2.19. The van der Waals surface area contributed by atoms with Gasteiger partial charge in [-0.25, -0.2) is 18.2 Å². The molecule has 0 saturated carbocycles. The first-order valence-electron chi connectivity index (χ1n) is 3.86. The van der Waals surface area contributed by atoms with E-state index in [4.69, 9.17) is 10.8 Å². The van der Waals surface area contributed by atoms with Crippen LogP contribution in [0.1, 0.15) is 17.8 Å². The van der Waals surface area contributed by atoms with Crippen LogP contribution in [0.2, 0.25) is 0 Å². The van der Waals surface area contributed by atoms with Crippen molar-refractivity contribution < 1.29 is 23.1 Å². The summed E-state index contributed by atoms with van der Waals surface area (Å²) in [4.78, 5) is 13.5. The highest BCUT2D eigenvalue weighted by Crippen LogP contribution is 2.24. The monoisotopic (exact) mass is 220 g/mol. The molecule has 7 heteroatoms. The van der Waals surface area contributed by atoms with Crippen LogP contribution in [-0.4, -0.2) is 16.1 Å². The molecule has 1 rings (SSSR count). The molecular formula is C8H7F3N2O2. The van der Waals surface area contributed by atoms with Crippen molar-refractivity contribution in [1.29, 1.82) is 0 Å². The van der Waals surface area contributed by atoms with Gasteiger partial charge in [0.05, 0.1) is 17.8 Å². The molecule has 0 amide bonds. The third-order valence-electron chi connectivity index (χ3n) is 1.60. The molecule has 0 aromatic carbocycles. The molecule has 4 nitrogen and oxygen atoms in total. The molecule has 0 saturated heterocycles. The maximum Gasteiger partial charge on any atom is 0.309 e. The van der Waals surface area contributed by atoms with Crippen LogP contribution in [-0.2, 0) is 11.2 Å². The summed E-state index contributed by atoms with van der Waals surface area (Å²) in [6.07, 6.45) is -3.70. The Hall–Kier alpha value is -1.79. The number of anilines is 1. The second-order valence-corrected chi connectivity index (χ2v) is 2.77. The van der Waals surface area contributed by atoms with Crippen LogP contribution < -0.4 is 5.73 Å². The zero-order valence-electron chi connectivity index (χ0n) is 7.38. The van der Waals surface area contributed by atoms with Gasteiger partial charge in [-0.3, -0.25) is 4.79 Å². The molecule has 3 N–H and O–H groups in total. The van der Waals surface area contributed by atoms with Gasteiger partial charge in [0, 0.05) is 0 Å². The molecule has 1 aromatic heterocycles. The molecule has 0 fully saturated rings. The quantitative estimate of drug-likeness (QED) is 0.806. The molecule has 1 heterocycles. The van der Waals surface area contributed by atoms with Crippen molar-refractivity contribution in [1.82, 2.24) is 4.98 Å². The maximum atomic E-state index is 13.0. The van der Waals surface area contributed by atoms with Gasteiger partial charge in [-0.05, 0) is 6.07 Å². The van der Waals surface area contributed by atoms with Crippen LogP contribution in [0.15, 0.2) is 6.07 Å². The molecule has 0 radical (unpaired) electrons. The molecule has 15 heavy (non-hydrogen) atoms. The Labute approximate surface area is 82.5 Å². The van der Waals surface area contributed by atoms with E-state index >= 15 is 0 Å². The predicted molar refractivity (Wildman–Crippen MR) is 44.9 cm³/mol. The summed E-state index contributed by atoms with van der Waals surface area (Å²) in [6, 6.07) is 0.926. The Morgan fingerprint density at radius 3 is 2.67 bits per heavy atom. The number of halogens is 3. The van der Waals surface area contributed by atoms with Crippen molar-refractivity contribution in [2.45, 2.75) is 12.8 Å². The Kier molecular flexibility index (Phi) is 3.13. The second-order valence-electron chi connectivity index (χ2n) is 2.77. The first kappa shape index (κ1) is 11.3. The lowest BCUT2D eigenvalue weighted by atomic mass is 10.2. The maximum absolute atomic E-state index is 13.0. The topological polar surface area (TPSA) is 76.2 Å². The van der Waals surface area contributed by atoms with Gasteiger partial charge in [0.25, 0.3) is 6.43 Å². The van der Waals surface area contributed by atoms with Crippen LogP contribution in [0.25, 0.3) is 0 Å². The SMILES string of the molecule is Nc1cc(CC(=O)O)nc(C(F)F)c1F. The van der Waals surface area contributed by atoms with Crippen molar-refractivity contribution in [2.24, 2.45) is 0 Å². The number of hydrogen-bond acceptors (Lipinski definition) is 3. The lowest BCUT2D eigenvalue weighted by molar-refractivity contribution is -0.136. The van der Waals surface area contributed by atoms with Crippen molar-refractivity contribution in [3.05, 3.63) is 23.3 Å². The van der Waals surface area contributed by atoms with Gasteiger partial charge >= 0.3 is 5.97 Å². The number of aliphatic carboxylic acids is 1. The van der Waals surface area contributed by atoms with Gasteiger partial charge in [-0.15, -0.1) is 0 Å². The normalized spacial score (nSPS) is 10.7. The van der Waals surface area contributed by atoms with E-state index in [1.54, 1.807) is 0 Å². The lowest BCUT2D eigenvalue weighted by Crippen LogP contribution is -2.08. The largest absolute Gasteiger partial charge is 0.481 e. The average Bonchev–Trinajstić information content (AvgIpc) is 2.09. The van der Waals surface area contributed by atoms with Gasteiger partial charge in [0.1, 0.15) is 5.69 Å². The zero-order chi connectivity index (χ0) is 11.6. The molecule has 0 bridgehead atoms. The highest BCUT2D eigenvalue weighted by atomic mass is 19.3. The fraction of sp³-hybridized carbons (Fsp3) is 0.250. The van der Waals surface area contributed by atoms with Crippen molar-refractivity contribution in [2.75, 3.05) is 5.73 Å². The van der Waals surface area contributed by atoms with E-state index in [0.717, 1.165) is 6.07 Å². The number of nitrogens with two attached hydrogens (primary N) is 1. The van der Waals surface area contributed by atoms with Gasteiger partial charge in [0.15, 0.2) is 5.82 Å². The molecular weight excluding hydrogens is 213 g/mol. The summed E-state index contributed by atoms with van der Waals surface area (Å²) in [5, 5.41) is 8.39. The van der Waals surface area contributed by atoms with E-state index in [2.05, 4.69) is 4.98 Å². The Morgan fingerprint density at radius 1 is 1.60 bits per heavy atom. The van der Waals surface area contributed by atoms with E-state index in [0.29, 0.717) is 0 Å². The van der Waals surface area contributed by atoms with Gasteiger partial charge in [-0.2, -0.15) is 0 Å². The summed E-state index contributed by atoms with van der Waals surface area (Å²) in [7, 11) is 0. The zero-order valence-corrected chi connectivity index (χ0v) is 7.38. The molecule has 1 aromatic rings. The molecule has 0 atom stereocenters. The Bertz CT molecular complexity index is 396. The number of carbonyl (C=O) groups is 1. The molecule has 0 aliphatic heterocycles. The summed E-state index contributed by atoms with van der Waals surface area (Å²) in [6.45, 7) is 0. The lowest BCUT2D eigenvalue weighted by Gasteiger charge is -2.06. The van der Waals surface area contributed by atoms with Crippen LogP contribution in [0.4, 0.5) is 18.9 Å². The van der Waals surface area contributed by atoms with Crippen molar-refractivity contribution in [3.63, 3.8) is 0 Å². The molecule has 82 valence electrons. The average molecular weight is 220 g/mol. The number of hydrogen-bond donors (Lipinski definition) is 2. The minimum atomic E-state index is -3.12.